The van der Waals surface area contributed by atoms with Crippen LogP contribution in [0.3, 0.4) is 0 Å². The first-order valence-electron chi connectivity index (χ1n) is 8.87. The molecule has 142 valence electrons. The molecule has 1 aromatic heterocycles. The minimum absolute atomic E-state index is 0.0325. The topological polar surface area (TPSA) is 88.8 Å². The molecule has 0 atom stereocenters. The van der Waals surface area contributed by atoms with E-state index >= 15 is 0 Å². The number of nitrogens with one attached hydrogen (secondary N) is 1. The smallest absolute Gasteiger partial charge is 0.349 e. The molecular weight excluding hydrogens is 360 g/mol. The van der Waals surface area contributed by atoms with Gasteiger partial charge in [-0.25, -0.2) is 4.79 Å². The van der Waals surface area contributed by atoms with Crippen molar-refractivity contribution in [3.05, 3.63) is 64.0 Å². The van der Waals surface area contributed by atoms with Gasteiger partial charge in [-0.15, -0.1) is 0 Å². The average Bonchev–Trinajstić information content (AvgIpc) is 3.00. The second-order valence-corrected chi connectivity index (χ2v) is 6.44. The minimum Gasteiger partial charge on any atom is -0.493 e. The van der Waals surface area contributed by atoms with Crippen LogP contribution >= 0.6 is 0 Å². The van der Waals surface area contributed by atoms with Crippen LogP contribution in [-0.2, 0) is 11.2 Å². The van der Waals surface area contributed by atoms with Gasteiger partial charge in [0.1, 0.15) is 5.56 Å². The number of carbonyl (C=O) groups is 2. The Labute approximate surface area is 160 Å². The molecule has 2 amide bonds. The number of hydrogen-bond acceptors (Lipinski definition) is 5. The van der Waals surface area contributed by atoms with Crippen molar-refractivity contribution in [1.29, 1.82) is 0 Å². The maximum atomic E-state index is 12.6. The minimum atomic E-state index is -0.747. The lowest BCUT2D eigenvalue weighted by molar-refractivity contribution is -0.117. The highest BCUT2D eigenvalue weighted by atomic mass is 16.5. The molecule has 2 heterocycles. The molecule has 1 aliphatic heterocycles. The number of carbonyl (C=O) groups excluding carboxylic acids is 2. The Morgan fingerprint density at radius 1 is 1.21 bits per heavy atom. The van der Waals surface area contributed by atoms with Crippen molar-refractivity contribution >= 4 is 34.2 Å². The molecule has 0 unspecified atom stereocenters. The Balaban J connectivity index is 1.65. The second-order valence-electron chi connectivity index (χ2n) is 6.44. The summed E-state index contributed by atoms with van der Waals surface area (Å²) in [5, 5.41) is 3.30. The lowest BCUT2D eigenvalue weighted by atomic mass is 10.1. The maximum absolute atomic E-state index is 12.6. The number of amides is 2. The van der Waals surface area contributed by atoms with Crippen LogP contribution in [0.15, 0.2) is 51.7 Å². The molecule has 0 fully saturated rings. The molecule has 0 saturated carbocycles. The fourth-order valence-corrected chi connectivity index (χ4v) is 3.44. The monoisotopic (exact) mass is 378 g/mol. The summed E-state index contributed by atoms with van der Waals surface area (Å²) in [7, 11) is 1.48. The van der Waals surface area contributed by atoms with Gasteiger partial charge in [-0.05, 0) is 42.8 Å². The first kappa shape index (κ1) is 17.8. The number of likely N-dealkylation sites (N-methyl/N-ethyl adjacent to an activating group) is 1. The summed E-state index contributed by atoms with van der Waals surface area (Å²) in [6.45, 7) is 2.51. The molecule has 28 heavy (non-hydrogen) atoms. The maximum Gasteiger partial charge on any atom is 0.349 e. The van der Waals surface area contributed by atoms with Crippen LogP contribution < -0.4 is 20.6 Å². The summed E-state index contributed by atoms with van der Waals surface area (Å²) in [5.74, 6) is -0.120. The summed E-state index contributed by atoms with van der Waals surface area (Å²) in [5.41, 5.74) is 1.65. The van der Waals surface area contributed by atoms with Crippen molar-refractivity contribution in [3.63, 3.8) is 0 Å². The second kappa shape index (κ2) is 6.84. The highest BCUT2D eigenvalue weighted by molar-refractivity contribution is 6.07. The number of hydrogen-bond donors (Lipinski definition) is 1. The molecular formula is C21H18N2O5. The van der Waals surface area contributed by atoms with E-state index < -0.39 is 11.5 Å². The standard InChI is InChI=1S/C21H18N2O5/c1-3-23-16-8-7-14(9-13(16)11-18(23)24)22-20(25)15-10-12-5-4-6-17(27-2)19(12)28-21(15)26/h4-10H,3,11H2,1-2H3,(H,22,25). The van der Waals surface area contributed by atoms with E-state index in [4.69, 9.17) is 9.15 Å². The number of benzene rings is 2. The van der Waals surface area contributed by atoms with Gasteiger partial charge in [-0.2, -0.15) is 0 Å². The first-order chi connectivity index (χ1) is 13.5. The Bertz CT molecular complexity index is 1170. The van der Waals surface area contributed by atoms with Gasteiger partial charge in [-0.3, -0.25) is 9.59 Å². The number of rotatable bonds is 4. The molecule has 1 N–H and O–H groups in total. The van der Waals surface area contributed by atoms with E-state index in [1.807, 2.05) is 6.92 Å². The van der Waals surface area contributed by atoms with E-state index in [-0.39, 0.29) is 11.5 Å². The van der Waals surface area contributed by atoms with Gasteiger partial charge in [0.2, 0.25) is 5.91 Å². The van der Waals surface area contributed by atoms with Crippen molar-refractivity contribution in [2.45, 2.75) is 13.3 Å². The Morgan fingerprint density at radius 2 is 2.04 bits per heavy atom. The van der Waals surface area contributed by atoms with Gasteiger partial charge < -0.3 is 19.4 Å². The summed E-state index contributed by atoms with van der Waals surface area (Å²) in [4.78, 5) is 38.7. The predicted molar refractivity (Wildman–Crippen MR) is 105 cm³/mol. The van der Waals surface area contributed by atoms with E-state index in [0.29, 0.717) is 35.4 Å². The Morgan fingerprint density at radius 3 is 2.79 bits per heavy atom. The van der Waals surface area contributed by atoms with Crippen molar-refractivity contribution in [2.24, 2.45) is 0 Å². The highest BCUT2D eigenvalue weighted by Crippen LogP contribution is 2.31. The molecule has 0 bridgehead atoms. The summed E-state index contributed by atoms with van der Waals surface area (Å²) in [6.07, 6.45) is 0.296. The largest absolute Gasteiger partial charge is 0.493 e. The van der Waals surface area contributed by atoms with E-state index in [0.717, 1.165) is 11.3 Å². The summed E-state index contributed by atoms with van der Waals surface area (Å²) < 4.78 is 10.5. The van der Waals surface area contributed by atoms with Crippen molar-refractivity contribution in [3.8, 4) is 5.75 Å². The van der Waals surface area contributed by atoms with Gasteiger partial charge in [0.25, 0.3) is 5.91 Å². The first-order valence-corrected chi connectivity index (χ1v) is 8.87. The average molecular weight is 378 g/mol. The van der Waals surface area contributed by atoms with Gasteiger partial charge in [0.15, 0.2) is 11.3 Å². The number of methoxy groups -OCH3 is 1. The Hall–Kier alpha value is -3.61. The SMILES string of the molecule is CCN1C(=O)Cc2cc(NC(=O)c3cc4cccc(OC)c4oc3=O)ccc21. The van der Waals surface area contributed by atoms with Gasteiger partial charge in [-0.1, -0.05) is 12.1 Å². The molecule has 0 radical (unpaired) electrons. The van der Waals surface area contributed by atoms with Crippen molar-refractivity contribution in [1.82, 2.24) is 0 Å². The molecule has 1 aliphatic rings. The van der Waals surface area contributed by atoms with E-state index in [1.54, 1.807) is 41.3 Å². The normalized spacial score (nSPS) is 12.9. The van der Waals surface area contributed by atoms with Crippen LogP contribution in [0.2, 0.25) is 0 Å². The zero-order chi connectivity index (χ0) is 19.8. The fourth-order valence-electron chi connectivity index (χ4n) is 3.44. The number of ether oxygens (including phenoxy) is 1. The van der Waals surface area contributed by atoms with Gasteiger partial charge in [0.05, 0.1) is 13.5 Å². The number of nitrogens with zero attached hydrogens (tertiary/aromatic N) is 1. The van der Waals surface area contributed by atoms with E-state index in [1.165, 1.54) is 13.2 Å². The summed E-state index contributed by atoms with van der Waals surface area (Å²) in [6, 6.07) is 11.9. The third-order valence-corrected chi connectivity index (χ3v) is 4.78. The van der Waals surface area contributed by atoms with Crippen LogP contribution in [0.5, 0.6) is 5.75 Å². The fraction of sp³-hybridized carbons (Fsp3) is 0.190. The molecule has 4 rings (SSSR count). The molecule has 3 aromatic rings. The lowest BCUT2D eigenvalue weighted by Crippen LogP contribution is -2.25. The van der Waals surface area contributed by atoms with Crippen LogP contribution in [-0.4, -0.2) is 25.5 Å². The predicted octanol–water partition coefficient (Wildman–Crippen LogP) is 2.96. The van der Waals surface area contributed by atoms with Gasteiger partial charge in [0, 0.05) is 23.3 Å². The molecule has 2 aromatic carbocycles. The molecule has 7 nitrogen and oxygen atoms in total. The van der Waals surface area contributed by atoms with Gasteiger partial charge >= 0.3 is 5.63 Å². The van der Waals surface area contributed by atoms with Crippen LogP contribution in [0.4, 0.5) is 11.4 Å². The number of anilines is 2. The quantitative estimate of drug-likeness (QED) is 0.705. The molecule has 0 spiro atoms. The summed E-state index contributed by atoms with van der Waals surface area (Å²) >= 11 is 0. The molecule has 7 heteroatoms. The van der Waals surface area contributed by atoms with Crippen molar-refractivity contribution in [2.75, 3.05) is 23.9 Å². The van der Waals surface area contributed by atoms with E-state index in [9.17, 15) is 14.4 Å². The van der Waals surface area contributed by atoms with Crippen LogP contribution in [0, 0.1) is 0 Å². The zero-order valence-electron chi connectivity index (χ0n) is 15.4. The number of fused-ring (bicyclic) bond motifs is 2. The lowest BCUT2D eigenvalue weighted by Gasteiger charge is -2.15. The zero-order valence-corrected chi connectivity index (χ0v) is 15.4. The molecule has 0 saturated heterocycles. The van der Waals surface area contributed by atoms with Crippen LogP contribution in [0.1, 0.15) is 22.8 Å². The third-order valence-electron chi connectivity index (χ3n) is 4.78. The third kappa shape index (κ3) is 2.90. The highest BCUT2D eigenvalue weighted by Gasteiger charge is 2.26. The Kier molecular flexibility index (Phi) is 4.35. The van der Waals surface area contributed by atoms with Crippen molar-refractivity contribution < 1.29 is 18.7 Å². The number of para-hydroxylation sites is 1. The van der Waals surface area contributed by atoms with Crippen LogP contribution in [0.25, 0.3) is 11.0 Å². The van der Waals surface area contributed by atoms with E-state index in [2.05, 4.69) is 5.32 Å². The molecule has 0 aliphatic carbocycles.